The van der Waals surface area contributed by atoms with Crippen molar-refractivity contribution in [1.82, 2.24) is 19.4 Å². The number of likely N-dealkylation sites (tertiary alicyclic amines) is 1. The number of amides is 1. The molecule has 1 unspecified atom stereocenters. The summed E-state index contributed by atoms with van der Waals surface area (Å²) in [5.74, 6) is 0.468. The van der Waals surface area contributed by atoms with Crippen molar-refractivity contribution in [3.05, 3.63) is 26.9 Å². The molecule has 1 aromatic heterocycles. The molecule has 174 valence electrons. The van der Waals surface area contributed by atoms with Crippen LogP contribution in [0.25, 0.3) is 0 Å². The molecule has 2 fully saturated rings. The SMILES string of the molecule is CCN1CCC(OCCCNC(=O)C2CCCN(c3cc(=O)n(C)c(=O)n3C)C2)CC1. The van der Waals surface area contributed by atoms with Crippen LogP contribution in [0.4, 0.5) is 5.82 Å². The van der Waals surface area contributed by atoms with E-state index in [1.54, 1.807) is 7.05 Å². The van der Waals surface area contributed by atoms with Gasteiger partial charge in [-0.05, 0) is 38.6 Å². The van der Waals surface area contributed by atoms with Gasteiger partial charge in [0.25, 0.3) is 5.56 Å². The van der Waals surface area contributed by atoms with Crippen molar-refractivity contribution in [1.29, 1.82) is 0 Å². The first-order valence-electron chi connectivity index (χ1n) is 11.5. The molecule has 0 radical (unpaired) electrons. The standard InChI is InChI=1S/C22H37N5O4/c1-4-26-12-8-18(9-13-26)31-14-6-10-23-21(29)17-7-5-11-27(16-17)19-15-20(28)25(3)22(30)24(19)2/h15,17-18H,4-14,16H2,1-3H3,(H,23,29). The fourth-order valence-corrected chi connectivity index (χ4v) is 4.49. The van der Waals surface area contributed by atoms with Crippen LogP contribution in [0.5, 0.6) is 0 Å². The Balaban J connectivity index is 1.42. The van der Waals surface area contributed by atoms with Gasteiger partial charge in [0, 0.05) is 59.5 Å². The van der Waals surface area contributed by atoms with Crippen molar-refractivity contribution in [3.8, 4) is 0 Å². The third-order valence-electron chi connectivity index (χ3n) is 6.57. The number of aromatic nitrogens is 2. The van der Waals surface area contributed by atoms with E-state index < -0.39 is 0 Å². The van der Waals surface area contributed by atoms with E-state index in [1.165, 1.54) is 17.7 Å². The molecule has 0 aromatic carbocycles. The van der Waals surface area contributed by atoms with Crippen molar-refractivity contribution in [2.75, 3.05) is 50.8 Å². The van der Waals surface area contributed by atoms with Gasteiger partial charge in [0.2, 0.25) is 5.91 Å². The lowest BCUT2D eigenvalue weighted by Crippen LogP contribution is -2.46. The number of nitrogens with one attached hydrogen (secondary N) is 1. The topological polar surface area (TPSA) is 88.8 Å². The van der Waals surface area contributed by atoms with Crippen molar-refractivity contribution in [2.45, 2.75) is 45.1 Å². The zero-order valence-electron chi connectivity index (χ0n) is 19.1. The summed E-state index contributed by atoms with van der Waals surface area (Å²) in [7, 11) is 3.13. The summed E-state index contributed by atoms with van der Waals surface area (Å²) in [5.41, 5.74) is -0.681. The molecule has 1 aromatic rings. The van der Waals surface area contributed by atoms with Crippen molar-refractivity contribution in [2.24, 2.45) is 20.0 Å². The number of carbonyl (C=O) groups excluding carboxylic acids is 1. The summed E-state index contributed by atoms with van der Waals surface area (Å²) < 4.78 is 8.54. The number of rotatable bonds is 8. The third kappa shape index (κ3) is 5.98. The van der Waals surface area contributed by atoms with Crippen LogP contribution >= 0.6 is 0 Å². The van der Waals surface area contributed by atoms with Gasteiger partial charge in [-0.2, -0.15) is 0 Å². The normalized spacial score (nSPS) is 20.7. The van der Waals surface area contributed by atoms with E-state index in [0.717, 1.165) is 62.9 Å². The summed E-state index contributed by atoms with van der Waals surface area (Å²) >= 11 is 0. The lowest BCUT2D eigenvalue weighted by molar-refractivity contribution is -0.125. The van der Waals surface area contributed by atoms with Crippen LogP contribution in [-0.4, -0.2) is 71.9 Å². The Morgan fingerprint density at radius 2 is 1.87 bits per heavy atom. The Morgan fingerprint density at radius 3 is 2.58 bits per heavy atom. The van der Waals surface area contributed by atoms with Crippen LogP contribution < -0.4 is 21.5 Å². The van der Waals surface area contributed by atoms with Gasteiger partial charge < -0.3 is 19.9 Å². The molecule has 0 spiro atoms. The number of anilines is 1. The van der Waals surface area contributed by atoms with Crippen LogP contribution in [-0.2, 0) is 23.6 Å². The molecule has 2 saturated heterocycles. The molecule has 2 aliphatic heterocycles. The molecule has 9 heteroatoms. The van der Waals surface area contributed by atoms with E-state index in [9.17, 15) is 14.4 Å². The maximum Gasteiger partial charge on any atom is 0.332 e. The fraction of sp³-hybridized carbons (Fsp3) is 0.773. The zero-order valence-corrected chi connectivity index (χ0v) is 19.1. The maximum absolute atomic E-state index is 12.7. The zero-order chi connectivity index (χ0) is 22.4. The van der Waals surface area contributed by atoms with Gasteiger partial charge in [0.15, 0.2) is 0 Å². The summed E-state index contributed by atoms with van der Waals surface area (Å²) in [6, 6.07) is 1.48. The number of nitrogens with zero attached hydrogens (tertiary/aromatic N) is 4. The maximum atomic E-state index is 12.7. The molecular formula is C22H37N5O4. The van der Waals surface area contributed by atoms with E-state index in [4.69, 9.17) is 4.74 Å². The number of carbonyl (C=O) groups is 1. The lowest BCUT2D eigenvalue weighted by atomic mass is 9.97. The summed E-state index contributed by atoms with van der Waals surface area (Å²) in [6.45, 7) is 8.03. The van der Waals surface area contributed by atoms with Crippen LogP contribution in [0.1, 0.15) is 39.0 Å². The van der Waals surface area contributed by atoms with Gasteiger partial charge in [0.05, 0.1) is 12.0 Å². The van der Waals surface area contributed by atoms with Crippen molar-refractivity contribution in [3.63, 3.8) is 0 Å². The molecule has 3 rings (SSSR count). The smallest absolute Gasteiger partial charge is 0.332 e. The van der Waals surface area contributed by atoms with Gasteiger partial charge >= 0.3 is 5.69 Å². The molecule has 9 nitrogen and oxygen atoms in total. The third-order valence-corrected chi connectivity index (χ3v) is 6.57. The Kier molecular flexibility index (Phi) is 8.31. The monoisotopic (exact) mass is 435 g/mol. The highest BCUT2D eigenvalue weighted by Crippen LogP contribution is 2.21. The van der Waals surface area contributed by atoms with Crippen molar-refractivity contribution < 1.29 is 9.53 Å². The molecular weight excluding hydrogens is 398 g/mol. The van der Waals surface area contributed by atoms with E-state index in [2.05, 4.69) is 17.1 Å². The Bertz CT molecular complexity index is 856. The minimum Gasteiger partial charge on any atom is -0.378 e. The molecule has 0 aliphatic carbocycles. The average Bonchev–Trinajstić information content (AvgIpc) is 2.80. The summed E-state index contributed by atoms with van der Waals surface area (Å²) in [4.78, 5) is 41.4. The molecule has 1 atom stereocenters. The number of ether oxygens (including phenoxy) is 1. The lowest BCUT2D eigenvalue weighted by Gasteiger charge is -2.34. The molecule has 3 heterocycles. The van der Waals surface area contributed by atoms with Gasteiger partial charge in [-0.1, -0.05) is 6.92 Å². The minimum atomic E-state index is -0.352. The molecule has 1 amide bonds. The van der Waals surface area contributed by atoms with Gasteiger partial charge in [-0.3, -0.25) is 18.7 Å². The van der Waals surface area contributed by atoms with Gasteiger partial charge in [0.1, 0.15) is 5.82 Å². The summed E-state index contributed by atoms with van der Waals surface area (Å²) in [6.07, 6.45) is 4.98. The highest BCUT2D eigenvalue weighted by molar-refractivity contribution is 5.79. The summed E-state index contributed by atoms with van der Waals surface area (Å²) in [5, 5.41) is 3.04. The first-order valence-corrected chi connectivity index (χ1v) is 11.5. The van der Waals surface area contributed by atoms with Gasteiger partial charge in [-0.25, -0.2) is 4.79 Å². The van der Waals surface area contributed by atoms with Gasteiger partial charge in [-0.15, -0.1) is 0 Å². The number of piperidine rings is 2. The Labute approximate surface area is 184 Å². The van der Waals surface area contributed by atoms with E-state index in [0.29, 0.717) is 31.6 Å². The first kappa shape index (κ1) is 23.5. The largest absolute Gasteiger partial charge is 0.378 e. The van der Waals surface area contributed by atoms with Crippen molar-refractivity contribution >= 4 is 11.7 Å². The fourth-order valence-electron chi connectivity index (χ4n) is 4.49. The predicted molar refractivity (Wildman–Crippen MR) is 121 cm³/mol. The molecule has 0 bridgehead atoms. The average molecular weight is 436 g/mol. The highest BCUT2D eigenvalue weighted by atomic mass is 16.5. The molecule has 2 aliphatic rings. The molecule has 1 N–H and O–H groups in total. The molecule has 0 saturated carbocycles. The molecule has 31 heavy (non-hydrogen) atoms. The second-order valence-electron chi connectivity index (χ2n) is 8.68. The van der Waals surface area contributed by atoms with E-state index in [-0.39, 0.29) is 23.1 Å². The van der Waals surface area contributed by atoms with Crippen LogP contribution in [0.3, 0.4) is 0 Å². The Morgan fingerprint density at radius 1 is 1.13 bits per heavy atom. The van der Waals surface area contributed by atoms with Crippen LogP contribution in [0.15, 0.2) is 15.7 Å². The second-order valence-corrected chi connectivity index (χ2v) is 8.68. The minimum absolute atomic E-state index is 0.0368. The van der Waals surface area contributed by atoms with E-state index >= 15 is 0 Å². The Hall–Kier alpha value is -2.13. The van der Waals surface area contributed by atoms with Crippen LogP contribution in [0, 0.1) is 5.92 Å². The predicted octanol–water partition coefficient (Wildman–Crippen LogP) is 0.308. The second kappa shape index (κ2) is 10.9. The van der Waals surface area contributed by atoms with Crippen LogP contribution in [0.2, 0.25) is 0 Å². The number of hydrogen-bond donors (Lipinski definition) is 1. The quantitative estimate of drug-likeness (QED) is 0.591. The first-order chi connectivity index (χ1) is 14.9. The highest BCUT2D eigenvalue weighted by Gasteiger charge is 2.27. The van der Waals surface area contributed by atoms with E-state index in [1.807, 2.05) is 4.90 Å². The number of hydrogen-bond acceptors (Lipinski definition) is 6.